The van der Waals surface area contributed by atoms with E-state index in [1.807, 2.05) is 0 Å². The van der Waals surface area contributed by atoms with Gasteiger partial charge in [0.15, 0.2) is 0 Å². The van der Waals surface area contributed by atoms with E-state index in [2.05, 4.69) is 6.58 Å². The third-order valence-corrected chi connectivity index (χ3v) is 1.65. The Hall–Kier alpha value is 2.94. The second-order valence-corrected chi connectivity index (χ2v) is 3.16. The summed E-state index contributed by atoms with van der Waals surface area (Å²) in [7, 11) is 0. The molecule has 0 aliphatic heterocycles. The van der Waals surface area contributed by atoms with Crippen LogP contribution < -0.4 is 175 Å². The van der Waals surface area contributed by atoms with Crippen LogP contribution in [0.4, 0.5) is 0 Å². The van der Waals surface area contributed by atoms with E-state index in [0.717, 1.165) is 6.08 Å². The average Bonchev–Trinajstić information content (AvgIpc) is 2.28. The van der Waals surface area contributed by atoms with Gasteiger partial charge in [-0.25, -0.2) is 0 Å². The smallest absolute Gasteiger partial charge is 0.549 e. The van der Waals surface area contributed by atoms with Gasteiger partial charge in [-0.1, -0.05) is 6.08 Å². The molecule has 0 aliphatic rings. The Morgan fingerprint density at radius 2 is 1.41 bits per heavy atom. The molecule has 9 nitrogen and oxygen atoms in total. The number of aliphatic carboxylic acids is 3. The Morgan fingerprint density at radius 1 is 1.09 bits per heavy atom. The first-order valence-corrected chi connectivity index (χ1v) is 5.08. The fourth-order valence-corrected chi connectivity index (χ4v) is 0.979. The van der Waals surface area contributed by atoms with Crippen molar-refractivity contribution in [1.82, 2.24) is 4.90 Å². The standard InChI is InChI=1S/C8H11NO6.C2H7NO.3K/c1-2-5(8(14)15)9(3-6(10)11)4-7(12)13;3-1-2-4;;;/h2,5H,1,3-4H2,(H,10,11)(H,12,13)(H,14,15);4H,1-3H2;;;/q;;3*+1/p-3. The van der Waals surface area contributed by atoms with Crippen molar-refractivity contribution in [2.24, 2.45) is 5.73 Å². The van der Waals surface area contributed by atoms with Crippen molar-refractivity contribution < 1.29 is 189 Å². The van der Waals surface area contributed by atoms with Gasteiger partial charge in [-0.15, -0.1) is 6.58 Å². The number of carbonyl (C=O) groups is 3. The molecule has 0 saturated carbocycles. The van der Waals surface area contributed by atoms with Crippen LogP contribution >= 0.6 is 0 Å². The Kier molecular flexibility index (Phi) is 39.1. The molecule has 0 saturated heterocycles. The zero-order valence-electron chi connectivity index (χ0n) is 13.1. The quantitative estimate of drug-likeness (QED) is 0.301. The van der Waals surface area contributed by atoms with E-state index in [0.29, 0.717) is 11.4 Å². The van der Waals surface area contributed by atoms with Crippen molar-refractivity contribution >= 4 is 17.9 Å². The van der Waals surface area contributed by atoms with Gasteiger partial charge in [0.25, 0.3) is 0 Å². The molecule has 0 radical (unpaired) electrons. The number of aliphatic hydroxyl groups is 1. The number of carboxylic acid groups (broad SMARTS) is 3. The maximum atomic E-state index is 10.5. The predicted molar refractivity (Wildman–Crippen MR) is 56.7 cm³/mol. The molecule has 0 heterocycles. The van der Waals surface area contributed by atoms with Crippen molar-refractivity contribution in [3.8, 4) is 0 Å². The number of carbonyl (C=O) groups excluding carboxylic acids is 3. The second-order valence-electron chi connectivity index (χ2n) is 3.16. The van der Waals surface area contributed by atoms with E-state index in [9.17, 15) is 29.7 Å². The average molecular weight is 393 g/mol. The number of aliphatic hydroxyl groups excluding tert-OH is 1. The molecule has 110 valence electrons. The molecule has 0 aromatic heterocycles. The molecule has 22 heavy (non-hydrogen) atoms. The molecule has 1 atom stereocenters. The minimum absolute atomic E-state index is 0. The van der Waals surface area contributed by atoms with Crippen LogP contribution in [0.25, 0.3) is 0 Å². The molecular formula is C10H15K3N2O7. The van der Waals surface area contributed by atoms with Gasteiger partial charge in [-0.3, -0.25) is 4.90 Å². The van der Waals surface area contributed by atoms with Crippen LogP contribution in [0, 0.1) is 0 Å². The predicted octanol–water partition coefficient (Wildman–Crippen LogP) is -15.0. The summed E-state index contributed by atoms with van der Waals surface area (Å²) in [5.41, 5.74) is 4.78. The zero-order valence-corrected chi connectivity index (χ0v) is 22.5. The van der Waals surface area contributed by atoms with Gasteiger partial charge in [0, 0.05) is 19.6 Å². The van der Waals surface area contributed by atoms with E-state index >= 15 is 0 Å². The van der Waals surface area contributed by atoms with Gasteiger partial charge in [0.05, 0.1) is 30.6 Å². The minimum atomic E-state index is -1.65. The van der Waals surface area contributed by atoms with Gasteiger partial charge < -0.3 is 40.5 Å². The third kappa shape index (κ3) is 22.9. The van der Waals surface area contributed by atoms with Crippen LogP contribution in [-0.2, 0) is 14.4 Å². The Morgan fingerprint density at radius 3 is 1.55 bits per heavy atom. The van der Waals surface area contributed by atoms with E-state index in [1.54, 1.807) is 0 Å². The summed E-state index contributed by atoms with van der Waals surface area (Å²) in [6.45, 7) is 1.88. The molecule has 0 aromatic rings. The van der Waals surface area contributed by atoms with Crippen molar-refractivity contribution in [3.05, 3.63) is 12.7 Å². The Bertz CT molecular complexity index is 314. The number of nitrogens with zero attached hydrogens (tertiary/aromatic N) is 1. The van der Waals surface area contributed by atoms with E-state index in [-0.39, 0.29) is 161 Å². The summed E-state index contributed by atoms with van der Waals surface area (Å²) < 4.78 is 0. The molecule has 0 aromatic carbocycles. The van der Waals surface area contributed by atoms with Gasteiger partial charge in [-0.2, -0.15) is 0 Å². The van der Waals surface area contributed by atoms with Crippen molar-refractivity contribution in [3.63, 3.8) is 0 Å². The van der Waals surface area contributed by atoms with E-state index in [1.165, 1.54) is 0 Å². The van der Waals surface area contributed by atoms with Crippen molar-refractivity contribution in [1.29, 1.82) is 0 Å². The second kappa shape index (κ2) is 23.9. The van der Waals surface area contributed by atoms with E-state index < -0.39 is 37.0 Å². The van der Waals surface area contributed by atoms with Crippen molar-refractivity contribution in [2.45, 2.75) is 6.04 Å². The topological polar surface area (TPSA) is 170 Å². The van der Waals surface area contributed by atoms with Gasteiger partial charge in [0.2, 0.25) is 0 Å². The summed E-state index contributed by atoms with van der Waals surface area (Å²) in [6.07, 6.45) is 0.862. The monoisotopic (exact) mass is 392 g/mol. The number of rotatable bonds is 8. The molecule has 0 rings (SSSR count). The molecule has 0 bridgehead atoms. The minimum Gasteiger partial charge on any atom is -0.549 e. The zero-order chi connectivity index (χ0) is 15.4. The number of nitrogens with two attached hydrogens (primary N) is 1. The maximum Gasteiger partial charge on any atom is 1.00 e. The molecule has 12 heteroatoms. The summed E-state index contributed by atoms with van der Waals surface area (Å²) in [4.78, 5) is 31.5. The maximum absolute atomic E-state index is 10.5. The van der Waals surface area contributed by atoms with Gasteiger partial charge in [-0.05, 0) is 0 Å². The summed E-state index contributed by atoms with van der Waals surface area (Å²) in [5.74, 6) is -4.86. The van der Waals surface area contributed by atoms with Crippen LogP contribution in [0.15, 0.2) is 12.7 Å². The van der Waals surface area contributed by atoms with Crippen LogP contribution in [0.3, 0.4) is 0 Å². The molecule has 0 amide bonds. The fraction of sp³-hybridized carbons (Fsp3) is 0.500. The summed E-state index contributed by atoms with van der Waals surface area (Å²) in [5, 5.41) is 38.7. The molecule has 0 aliphatic carbocycles. The van der Waals surface area contributed by atoms with E-state index in [4.69, 9.17) is 10.8 Å². The number of hydrogen-bond acceptors (Lipinski definition) is 9. The number of hydrogen-bond donors (Lipinski definition) is 2. The molecule has 1 unspecified atom stereocenters. The number of carboxylic acids is 3. The third-order valence-electron chi connectivity index (χ3n) is 1.65. The first-order chi connectivity index (χ1) is 8.79. The first-order valence-electron chi connectivity index (χ1n) is 5.08. The molecule has 3 N–H and O–H groups in total. The SMILES string of the molecule is C=CC(C(=O)[O-])N(CC(=O)[O-])CC(=O)[O-].NCCO.[K+].[K+].[K+]. The van der Waals surface area contributed by atoms with Crippen LogP contribution in [-0.4, -0.2) is 60.2 Å². The van der Waals surface area contributed by atoms with Gasteiger partial charge >= 0.3 is 154 Å². The largest absolute Gasteiger partial charge is 1.00 e. The normalized spacial score (nSPS) is 9.59. The van der Waals surface area contributed by atoms with Crippen molar-refractivity contribution in [2.75, 3.05) is 26.2 Å². The Balaban J connectivity index is -0.000000123. The molecule has 0 spiro atoms. The summed E-state index contributed by atoms with van der Waals surface area (Å²) in [6, 6.07) is -1.51. The summed E-state index contributed by atoms with van der Waals surface area (Å²) >= 11 is 0. The van der Waals surface area contributed by atoms with Gasteiger partial charge in [0.1, 0.15) is 0 Å². The molecular weight excluding hydrogens is 377 g/mol. The first kappa shape index (κ1) is 35.9. The van der Waals surface area contributed by atoms with Crippen LogP contribution in [0.5, 0.6) is 0 Å². The fourth-order valence-electron chi connectivity index (χ4n) is 0.979. The molecule has 0 fully saturated rings. The van der Waals surface area contributed by atoms with Crippen LogP contribution in [0.2, 0.25) is 0 Å². The Labute approximate surface area is 256 Å². The van der Waals surface area contributed by atoms with Crippen LogP contribution in [0.1, 0.15) is 0 Å².